The molecule has 0 aliphatic heterocycles. The van der Waals surface area contributed by atoms with Gasteiger partial charge in [-0.05, 0) is 19.1 Å². The number of methoxy groups -OCH3 is 1. The summed E-state index contributed by atoms with van der Waals surface area (Å²) in [6.07, 6.45) is 1.17. The van der Waals surface area contributed by atoms with Gasteiger partial charge in [0.2, 0.25) is 0 Å². The van der Waals surface area contributed by atoms with Crippen LogP contribution < -0.4 is 9.64 Å². The van der Waals surface area contributed by atoms with Crippen molar-refractivity contribution in [1.29, 1.82) is 0 Å². The number of nitrogens with zero attached hydrogens (tertiary/aromatic N) is 2. The molecule has 5 nitrogen and oxygen atoms in total. The molecule has 0 aromatic carbocycles. The molecule has 17 heavy (non-hydrogen) atoms. The highest BCUT2D eigenvalue weighted by Crippen LogP contribution is 2.24. The van der Waals surface area contributed by atoms with E-state index in [0.29, 0.717) is 19.8 Å². The number of anilines is 1. The van der Waals surface area contributed by atoms with Gasteiger partial charge in [0.15, 0.2) is 11.6 Å². The number of likely N-dealkylation sites (N-methyl/N-ethyl adjacent to an activating group) is 1. The summed E-state index contributed by atoms with van der Waals surface area (Å²) < 4.78 is 10.4. The number of aromatic nitrogens is 1. The van der Waals surface area contributed by atoms with Gasteiger partial charge >= 0.3 is 0 Å². The summed E-state index contributed by atoms with van der Waals surface area (Å²) in [6.45, 7) is 3.27. The molecule has 96 valence electrons. The summed E-state index contributed by atoms with van der Waals surface area (Å²) in [5, 5.41) is 9.67. The van der Waals surface area contributed by atoms with Gasteiger partial charge in [-0.1, -0.05) is 0 Å². The number of hydrogen-bond acceptors (Lipinski definition) is 5. The van der Waals surface area contributed by atoms with Crippen molar-refractivity contribution in [3.8, 4) is 5.75 Å². The van der Waals surface area contributed by atoms with Gasteiger partial charge < -0.3 is 19.5 Å². The molecule has 0 amide bonds. The van der Waals surface area contributed by atoms with E-state index in [9.17, 15) is 5.11 Å². The summed E-state index contributed by atoms with van der Waals surface area (Å²) in [5.41, 5.74) is 0. The fourth-order valence-corrected chi connectivity index (χ4v) is 1.58. The third kappa shape index (κ3) is 4.20. The first-order chi connectivity index (χ1) is 8.19. The maximum Gasteiger partial charge on any atom is 0.171 e. The molecule has 0 fully saturated rings. The predicted octanol–water partition coefficient (Wildman–Crippen LogP) is 0.924. The van der Waals surface area contributed by atoms with E-state index in [1.807, 2.05) is 31.0 Å². The highest BCUT2D eigenvalue weighted by atomic mass is 16.5. The van der Waals surface area contributed by atoms with Crippen LogP contribution in [0.15, 0.2) is 18.3 Å². The molecule has 1 N–H and O–H groups in total. The zero-order valence-corrected chi connectivity index (χ0v) is 10.6. The van der Waals surface area contributed by atoms with Crippen molar-refractivity contribution in [3.05, 3.63) is 18.3 Å². The second-order valence-electron chi connectivity index (χ2n) is 3.75. The molecule has 0 spiro atoms. The van der Waals surface area contributed by atoms with Gasteiger partial charge in [-0.15, -0.1) is 0 Å². The van der Waals surface area contributed by atoms with Crippen LogP contribution in [0.3, 0.4) is 0 Å². The highest BCUT2D eigenvalue weighted by Gasteiger charge is 2.13. The Labute approximate surface area is 102 Å². The molecule has 0 saturated carbocycles. The van der Waals surface area contributed by atoms with Crippen molar-refractivity contribution < 1.29 is 14.6 Å². The molecule has 1 aromatic heterocycles. The Balaban J connectivity index is 2.70. The number of ether oxygens (including phenoxy) is 2. The van der Waals surface area contributed by atoms with Gasteiger partial charge in [0.05, 0.1) is 19.3 Å². The molecule has 1 unspecified atom stereocenters. The van der Waals surface area contributed by atoms with Gasteiger partial charge in [0.25, 0.3) is 0 Å². The smallest absolute Gasteiger partial charge is 0.171 e. The lowest BCUT2D eigenvalue weighted by Gasteiger charge is -2.23. The summed E-state index contributed by atoms with van der Waals surface area (Å²) in [5.74, 6) is 1.45. The minimum atomic E-state index is -0.540. The Bertz CT molecular complexity index is 333. The number of hydrogen-bond donors (Lipinski definition) is 1. The van der Waals surface area contributed by atoms with Gasteiger partial charge in [-0.3, -0.25) is 0 Å². The Morgan fingerprint density at radius 1 is 1.53 bits per heavy atom. The molecular formula is C12H20N2O3. The Morgan fingerprint density at radius 2 is 2.29 bits per heavy atom. The van der Waals surface area contributed by atoms with Gasteiger partial charge in [-0.25, -0.2) is 4.98 Å². The average molecular weight is 240 g/mol. The van der Waals surface area contributed by atoms with Crippen molar-refractivity contribution >= 4 is 5.82 Å². The van der Waals surface area contributed by atoms with Crippen LogP contribution >= 0.6 is 0 Å². The molecule has 1 aromatic rings. The molecule has 1 atom stereocenters. The maximum atomic E-state index is 9.67. The topological polar surface area (TPSA) is 54.8 Å². The van der Waals surface area contributed by atoms with E-state index in [4.69, 9.17) is 9.47 Å². The molecule has 0 radical (unpaired) electrons. The van der Waals surface area contributed by atoms with Crippen molar-refractivity contribution in [3.63, 3.8) is 0 Å². The highest BCUT2D eigenvalue weighted by molar-refractivity contribution is 5.51. The molecule has 0 bridgehead atoms. The second kappa shape index (κ2) is 7.09. The second-order valence-corrected chi connectivity index (χ2v) is 3.75. The van der Waals surface area contributed by atoms with E-state index < -0.39 is 6.10 Å². The van der Waals surface area contributed by atoms with Crippen LogP contribution in [0.25, 0.3) is 0 Å². The minimum Gasteiger partial charge on any atom is -0.490 e. The van der Waals surface area contributed by atoms with Crippen molar-refractivity contribution in [1.82, 2.24) is 4.98 Å². The monoisotopic (exact) mass is 240 g/mol. The lowest BCUT2D eigenvalue weighted by molar-refractivity contribution is 0.0693. The molecule has 1 rings (SSSR count). The van der Waals surface area contributed by atoms with Crippen molar-refractivity contribution in [2.75, 3.05) is 38.8 Å². The summed E-state index contributed by atoms with van der Waals surface area (Å²) in [6, 6.07) is 3.69. The quantitative estimate of drug-likeness (QED) is 0.768. The zero-order chi connectivity index (χ0) is 12.7. The molecule has 0 aliphatic rings. The predicted molar refractivity (Wildman–Crippen MR) is 66.6 cm³/mol. The number of aliphatic hydroxyl groups excluding tert-OH is 1. The average Bonchev–Trinajstić information content (AvgIpc) is 2.30. The summed E-state index contributed by atoms with van der Waals surface area (Å²) >= 11 is 0. The molecular weight excluding hydrogens is 220 g/mol. The fourth-order valence-electron chi connectivity index (χ4n) is 1.58. The number of rotatable bonds is 7. The zero-order valence-electron chi connectivity index (χ0n) is 10.6. The van der Waals surface area contributed by atoms with Crippen molar-refractivity contribution in [2.24, 2.45) is 0 Å². The molecule has 0 aliphatic carbocycles. The normalized spacial score (nSPS) is 12.2. The van der Waals surface area contributed by atoms with Crippen LogP contribution in [0.2, 0.25) is 0 Å². The van der Waals surface area contributed by atoms with Crippen LogP contribution in [0.4, 0.5) is 5.82 Å². The van der Waals surface area contributed by atoms with Crippen LogP contribution in [0.5, 0.6) is 5.75 Å². The van der Waals surface area contributed by atoms with E-state index in [1.54, 1.807) is 13.3 Å². The Hall–Kier alpha value is -1.33. The van der Waals surface area contributed by atoms with Crippen LogP contribution in [-0.4, -0.2) is 50.1 Å². The van der Waals surface area contributed by atoms with Crippen LogP contribution in [0, 0.1) is 0 Å². The summed E-state index contributed by atoms with van der Waals surface area (Å²) in [4.78, 5) is 6.12. The third-order valence-corrected chi connectivity index (χ3v) is 2.26. The van der Waals surface area contributed by atoms with E-state index in [-0.39, 0.29) is 0 Å². The Morgan fingerprint density at radius 3 is 2.94 bits per heavy atom. The number of aliphatic hydroxyl groups is 1. The first-order valence-corrected chi connectivity index (χ1v) is 5.65. The minimum absolute atomic E-state index is 0.307. The lowest BCUT2D eigenvalue weighted by atomic mass is 10.3. The van der Waals surface area contributed by atoms with Crippen LogP contribution in [-0.2, 0) is 4.74 Å². The number of pyridine rings is 1. The van der Waals surface area contributed by atoms with Gasteiger partial charge in [0.1, 0.15) is 0 Å². The summed E-state index contributed by atoms with van der Waals surface area (Å²) in [7, 11) is 3.43. The standard InChI is InChI=1S/C12H20N2O3/c1-4-17-11-6-5-7-13-12(11)14(2)8-10(15)9-16-3/h5-7,10,15H,4,8-9H2,1-3H3. The molecule has 0 saturated heterocycles. The molecule has 1 heterocycles. The fraction of sp³-hybridized carbons (Fsp3) is 0.583. The van der Waals surface area contributed by atoms with E-state index in [0.717, 1.165) is 11.6 Å². The van der Waals surface area contributed by atoms with E-state index in [1.165, 1.54) is 0 Å². The Kier molecular flexibility index (Phi) is 5.72. The molecule has 5 heteroatoms. The van der Waals surface area contributed by atoms with Gasteiger partial charge in [0, 0.05) is 26.9 Å². The van der Waals surface area contributed by atoms with E-state index >= 15 is 0 Å². The third-order valence-electron chi connectivity index (χ3n) is 2.26. The SMILES string of the molecule is CCOc1cccnc1N(C)CC(O)COC. The lowest BCUT2D eigenvalue weighted by Crippen LogP contribution is -2.32. The van der Waals surface area contributed by atoms with E-state index in [2.05, 4.69) is 4.98 Å². The van der Waals surface area contributed by atoms with Crippen LogP contribution in [0.1, 0.15) is 6.92 Å². The van der Waals surface area contributed by atoms with Gasteiger partial charge in [-0.2, -0.15) is 0 Å². The first-order valence-electron chi connectivity index (χ1n) is 5.65. The maximum absolute atomic E-state index is 9.67. The largest absolute Gasteiger partial charge is 0.490 e. The first kappa shape index (κ1) is 13.7. The van der Waals surface area contributed by atoms with Crippen molar-refractivity contribution in [2.45, 2.75) is 13.0 Å².